The van der Waals surface area contributed by atoms with E-state index in [0.717, 1.165) is 12.8 Å². The molecule has 4 heteroatoms. The van der Waals surface area contributed by atoms with Gasteiger partial charge in [0.15, 0.2) is 5.96 Å². The molecule has 1 unspecified atom stereocenters. The second-order valence-corrected chi connectivity index (χ2v) is 3.68. The summed E-state index contributed by atoms with van der Waals surface area (Å²) in [5.41, 5.74) is 6.94. The second kappa shape index (κ2) is 8.38. The molecule has 1 rings (SSSR count). The van der Waals surface area contributed by atoms with Crippen molar-refractivity contribution >= 4 is 29.9 Å². The number of guanidine groups is 1. The van der Waals surface area contributed by atoms with Gasteiger partial charge >= 0.3 is 0 Å². The molecule has 0 aliphatic carbocycles. The standard InChI is InChI=1S/C12H19N3.HI/c1-10(15-12(13)14-2)8-9-11-6-4-3-5-7-11;/h3-7,10H,8-9H2,1-2H3,(H3,13,14,15);1H. The Bertz CT molecular complexity index is 311. The molecule has 0 heterocycles. The number of aliphatic imine (C=N–C) groups is 1. The lowest BCUT2D eigenvalue weighted by Crippen LogP contribution is -2.38. The number of hydrogen-bond acceptors (Lipinski definition) is 1. The SMILES string of the molecule is CN=C(N)NC(C)CCc1ccccc1.I. The maximum atomic E-state index is 5.58. The van der Waals surface area contributed by atoms with Crippen LogP contribution in [0.1, 0.15) is 18.9 Å². The van der Waals surface area contributed by atoms with Gasteiger partial charge in [-0.05, 0) is 25.3 Å². The molecule has 1 atom stereocenters. The van der Waals surface area contributed by atoms with Gasteiger partial charge in [0.05, 0.1) is 0 Å². The molecule has 1 aromatic carbocycles. The summed E-state index contributed by atoms with van der Waals surface area (Å²) < 4.78 is 0. The minimum Gasteiger partial charge on any atom is -0.370 e. The third-order valence-electron chi connectivity index (χ3n) is 2.34. The van der Waals surface area contributed by atoms with E-state index in [1.165, 1.54) is 5.56 Å². The second-order valence-electron chi connectivity index (χ2n) is 3.68. The van der Waals surface area contributed by atoms with E-state index in [1.807, 2.05) is 6.07 Å². The molecule has 0 saturated carbocycles. The summed E-state index contributed by atoms with van der Waals surface area (Å²) >= 11 is 0. The molecule has 0 radical (unpaired) electrons. The van der Waals surface area contributed by atoms with Gasteiger partial charge < -0.3 is 11.1 Å². The van der Waals surface area contributed by atoms with E-state index >= 15 is 0 Å². The molecular weight excluding hydrogens is 313 g/mol. The smallest absolute Gasteiger partial charge is 0.188 e. The van der Waals surface area contributed by atoms with Gasteiger partial charge in [-0.3, -0.25) is 4.99 Å². The van der Waals surface area contributed by atoms with Gasteiger partial charge in [0.25, 0.3) is 0 Å². The fraction of sp³-hybridized carbons (Fsp3) is 0.417. The van der Waals surface area contributed by atoms with Gasteiger partial charge in [0.1, 0.15) is 0 Å². The Morgan fingerprint density at radius 3 is 2.56 bits per heavy atom. The zero-order chi connectivity index (χ0) is 11.1. The molecule has 0 aromatic heterocycles. The third kappa shape index (κ3) is 5.95. The molecule has 0 saturated heterocycles. The minimum atomic E-state index is 0. The van der Waals surface area contributed by atoms with Crippen LogP contribution in [-0.2, 0) is 6.42 Å². The number of halogens is 1. The molecule has 1 aromatic rings. The zero-order valence-corrected chi connectivity index (χ0v) is 12.1. The first kappa shape index (κ1) is 15.2. The van der Waals surface area contributed by atoms with Gasteiger partial charge in [0.2, 0.25) is 0 Å². The first-order valence-electron chi connectivity index (χ1n) is 5.25. The summed E-state index contributed by atoms with van der Waals surface area (Å²) in [5, 5.41) is 3.13. The molecular formula is C12H20IN3. The third-order valence-corrected chi connectivity index (χ3v) is 2.34. The Hall–Kier alpha value is -0.780. The number of nitrogens with zero attached hydrogens (tertiary/aromatic N) is 1. The first-order chi connectivity index (χ1) is 7.22. The van der Waals surface area contributed by atoms with Gasteiger partial charge in [-0.15, -0.1) is 24.0 Å². The van der Waals surface area contributed by atoms with Crippen LogP contribution in [-0.4, -0.2) is 19.0 Å². The van der Waals surface area contributed by atoms with Gasteiger partial charge in [-0.25, -0.2) is 0 Å². The molecule has 3 nitrogen and oxygen atoms in total. The number of hydrogen-bond donors (Lipinski definition) is 2. The maximum Gasteiger partial charge on any atom is 0.188 e. The highest BCUT2D eigenvalue weighted by atomic mass is 127. The average Bonchev–Trinajstić information content (AvgIpc) is 2.27. The average molecular weight is 333 g/mol. The highest BCUT2D eigenvalue weighted by molar-refractivity contribution is 14.0. The van der Waals surface area contributed by atoms with Gasteiger partial charge in [-0.2, -0.15) is 0 Å². The number of rotatable bonds is 4. The zero-order valence-electron chi connectivity index (χ0n) is 9.81. The quantitative estimate of drug-likeness (QED) is 0.504. The van der Waals surface area contributed by atoms with Crippen molar-refractivity contribution in [2.45, 2.75) is 25.8 Å². The fourth-order valence-electron chi connectivity index (χ4n) is 1.42. The monoisotopic (exact) mass is 333 g/mol. The normalized spacial score (nSPS) is 12.8. The summed E-state index contributed by atoms with van der Waals surface area (Å²) in [6.07, 6.45) is 2.12. The highest BCUT2D eigenvalue weighted by Crippen LogP contribution is 2.04. The summed E-state index contributed by atoms with van der Waals surface area (Å²) in [6.45, 7) is 2.11. The predicted molar refractivity (Wildman–Crippen MR) is 80.3 cm³/mol. The van der Waals surface area contributed by atoms with Crippen molar-refractivity contribution in [2.75, 3.05) is 7.05 Å². The summed E-state index contributed by atoms with van der Waals surface area (Å²) in [5.74, 6) is 0.510. The van der Waals surface area contributed by atoms with Crippen molar-refractivity contribution in [2.24, 2.45) is 10.7 Å². The van der Waals surface area contributed by atoms with Crippen molar-refractivity contribution in [3.8, 4) is 0 Å². The van der Waals surface area contributed by atoms with E-state index in [9.17, 15) is 0 Å². The largest absolute Gasteiger partial charge is 0.370 e. The Morgan fingerprint density at radius 1 is 1.38 bits per heavy atom. The molecule has 16 heavy (non-hydrogen) atoms. The van der Waals surface area contributed by atoms with Crippen LogP contribution in [0.2, 0.25) is 0 Å². The highest BCUT2D eigenvalue weighted by Gasteiger charge is 2.02. The topological polar surface area (TPSA) is 50.4 Å². The van der Waals surface area contributed by atoms with E-state index in [2.05, 4.69) is 41.5 Å². The van der Waals surface area contributed by atoms with Crippen molar-refractivity contribution < 1.29 is 0 Å². The predicted octanol–water partition coefficient (Wildman–Crippen LogP) is 2.16. The van der Waals surface area contributed by atoms with E-state index in [0.29, 0.717) is 12.0 Å². The van der Waals surface area contributed by atoms with Crippen LogP contribution < -0.4 is 11.1 Å². The van der Waals surface area contributed by atoms with E-state index in [1.54, 1.807) is 7.05 Å². The minimum absolute atomic E-state index is 0. The van der Waals surface area contributed by atoms with Gasteiger partial charge in [-0.1, -0.05) is 30.3 Å². The van der Waals surface area contributed by atoms with E-state index < -0.39 is 0 Å². The van der Waals surface area contributed by atoms with E-state index in [4.69, 9.17) is 5.73 Å². The van der Waals surface area contributed by atoms with E-state index in [-0.39, 0.29) is 24.0 Å². The Kier molecular flexibility index (Phi) is 7.97. The molecule has 0 aliphatic heterocycles. The summed E-state index contributed by atoms with van der Waals surface area (Å²) in [4.78, 5) is 3.87. The summed E-state index contributed by atoms with van der Waals surface area (Å²) in [6, 6.07) is 10.8. The molecule has 0 fully saturated rings. The van der Waals surface area contributed by atoms with Gasteiger partial charge in [0, 0.05) is 13.1 Å². The van der Waals surface area contributed by atoms with Crippen LogP contribution in [0, 0.1) is 0 Å². The molecule has 0 spiro atoms. The van der Waals surface area contributed by atoms with Crippen molar-refractivity contribution in [1.82, 2.24) is 5.32 Å². The lowest BCUT2D eigenvalue weighted by Gasteiger charge is -2.13. The molecule has 3 N–H and O–H groups in total. The van der Waals surface area contributed by atoms with Crippen LogP contribution >= 0.6 is 24.0 Å². The molecule has 90 valence electrons. The van der Waals surface area contributed by atoms with Crippen LogP contribution in [0.15, 0.2) is 35.3 Å². The van der Waals surface area contributed by atoms with Crippen molar-refractivity contribution in [1.29, 1.82) is 0 Å². The van der Waals surface area contributed by atoms with Crippen molar-refractivity contribution in [3.05, 3.63) is 35.9 Å². The number of aryl methyl sites for hydroxylation is 1. The molecule has 0 aliphatic rings. The Labute approximate surface area is 115 Å². The lowest BCUT2D eigenvalue weighted by atomic mass is 10.1. The number of nitrogens with two attached hydrogens (primary N) is 1. The molecule has 0 bridgehead atoms. The Balaban J connectivity index is 0.00000225. The van der Waals surface area contributed by atoms with Crippen LogP contribution in [0.5, 0.6) is 0 Å². The van der Waals surface area contributed by atoms with Crippen LogP contribution in [0.25, 0.3) is 0 Å². The number of benzene rings is 1. The van der Waals surface area contributed by atoms with Crippen molar-refractivity contribution in [3.63, 3.8) is 0 Å². The fourth-order valence-corrected chi connectivity index (χ4v) is 1.42. The van der Waals surface area contributed by atoms with Crippen LogP contribution in [0.4, 0.5) is 0 Å². The lowest BCUT2D eigenvalue weighted by molar-refractivity contribution is 0.603. The van der Waals surface area contributed by atoms with Crippen LogP contribution in [0.3, 0.4) is 0 Å². The first-order valence-corrected chi connectivity index (χ1v) is 5.25. The Morgan fingerprint density at radius 2 is 2.00 bits per heavy atom. The summed E-state index contributed by atoms with van der Waals surface area (Å²) in [7, 11) is 1.69. The maximum absolute atomic E-state index is 5.58. The molecule has 0 amide bonds. The number of nitrogens with one attached hydrogen (secondary N) is 1.